The van der Waals surface area contributed by atoms with Crippen LogP contribution < -0.4 is 0 Å². The van der Waals surface area contributed by atoms with Gasteiger partial charge in [0, 0.05) is 0 Å². The van der Waals surface area contributed by atoms with Crippen LogP contribution in [0.4, 0.5) is 0 Å². The first-order valence-corrected chi connectivity index (χ1v) is 6.82. The first-order valence-electron chi connectivity index (χ1n) is 6.82. The molecule has 86 valence electrons. The zero-order valence-corrected chi connectivity index (χ0v) is 9.24. The molecule has 0 aromatic carbocycles. The van der Waals surface area contributed by atoms with Crippen molar-refractivity contribution in [2.24, 2.45) is 47.3 Å². The fourth-order valence-electron chi connectivity index (χ4n) is 6.52. The van der Waals surface area contributed by atoms with Crippen LogP contribution in [0.1, 0.15) is 12.8 Å². The van der Waals surface area contributed by atoms with Gasteiger partial charge < -0.3 is 10.2 Å². The Kier molecular flexibility index (Phi) is 1.31. The summed E-state index contributed by atoms with van der Waals surface area (Å²) in [5.74, 6) is 5.43. The van der Waals surface area contributed by atoms with Gasteiger partial charge in [-0.15, -0.1) is 0 Å². The van der Waals surface area contributed by atoms with Crippen LogP contribution in [-0.2, 0) is 0 Å². The summed E-state index contributed by atoms with van der Waals surface area (Å²) in [6.45, 7) is 0. The first kappa shape index (κ1) is 8.71. The zero-order chi connectivity index (χ0) is 10.6. The molecule has 0 bridgehead atoms. The molecule has 2 heteroatoms. The van der Waals surface area contributed by atoms with Crippen LogP contribution in [0.2, 0.25) is 0 Å². The summed E-state index contributed by atoms with van der Waals surface area (Å²) in [4.78, 5) is 0. The van der Waals surface area contributed by atoms with Gasteiger partial charge in [-0.1, -0.05) is 12.2 Å². The summed E-state index contributed by atoms with van der Waals surface area (Å²) >= 11 is 0. The van der Waals surface area contributed by atoms with Gasteiger partial charge >= 0.3 is 0 Å². The predicted molar refractivity (Wildman–Crippen MR) is 58.3 cm³/mol. The van der Waals surface area contributed by atoms with Crippen molar-refractivity contribution >= 4 is 0 Å². The fourth-order valence-corrected chi connectivity index (χ4v) is 6.52. The van der Waals surface area contributed by atoms with Gasteiger partial charge in [0.15, 0.2) is 0 Å². The Hall–Kier alpha value is -0.340. The molecular weight excluding hydrogens is 200 g/mol. The van der Waals surface area contributed by atoms with E-state index in [0.717, 1.165) is 23.7 Å². The Morgan fingerprint density at radius 3 is 2.56 bits per heavy atom. The molecule has 4 saturated carbocycles. The highest BCUT2D eigenvalue weighted by Gasteiger charge is 2.71. The van der Waals surface area contributed by atoms with Crippen LogP contribution in [0.15, 0.2) is 12.2 Å². The fraction of sp³-hybridized carbons (Fsp3) is 0.857. The number of hydrogen-bond donors (Lipinski definition) is 2. The summed E-state index contributed by atoms with van der Waals surface area (Å²) in [7, 11) is 0. The van der Waals surface area contributed by atoms with E-state index in [9.17, 15) is 10.2 Å². The Balaban J connectivity index is 1.70. The Morgan fingerprint density at radius 1 is 0.812 bits per heavy atom. The van der Waals surface area contributed by atoms with Crippen molar-refractivity contribution < 1.29 is 10.2 Å². The van der Waals surface area contributed by atoms with E-state index in [1.54, 1.807) is 0 Å². The summed E-state index contributed by atoms with van der Waals surface area (Å²) in [5.41, 5.74) is 0. The van der Waals surface area contributed by atoms with Crippen molar-refractivity contribution in [3.63, 3.8) is 0 Å². The average Bonchev–Trinajstić information content (AvgIpc) is 2.95. The van der Waals surface area contributed by atoms with Crippen LogP contribution in [0.25, 0.3) is 0 Å². The van der Waals surface area contributed by atoms with Crippen LogP contribution >= 0.6 is 0 Å². The number of aliphatic hydroxyl groups excluding tert-OH is 2. The normalized spacial score (nSPS) is 72.9. The van der Waals surface area contributed by atoms with E-state index < -0.39 is 12.2 Å². The zero-order valence-electron chi connectivity index (χ0n) is 9.24. The van der Waals surface area contributed by atoms with Crippen molar-refractivity contribution in [2.75, 3.05) is 0 Å². The van der Waals surface area contributed by atoms with Crippen LogP contribution in [0.5, 0.6) is 0 Å². The molecule has 0 saturated heterocycles. The highest BCUT2D eigenvalue weighted by atomic mass is 16.3. The molecule has 0 aliphatic heterocycles. The minimum absolute atomic E-state index is 0.390. The molecule has 0 aromatic rings. The lowest BCUT2D eigenvalue weighted by Gasteiger charge is -2.23. The van der Waals surface area contributed by atoms with E-state index >= 15 is 0 Å². The molecule has 10 unspecified atom stereocenters. The molecule has 5 aliphatic rings. The number of fused-ring (bicyclic) bond motifs is 1. The van der Waals surface area contributed by atoms with Gasteiger partial charge in [-0.25, -0.2) is 0 Å². The smallest absolute Gasteiger partial charge is 0.0838 e. The Morgan fingerprint density at radius 2 is 1.69 bits per heavy atom. The maximum Gasteiger partial charge on any atom is 0.0838 e. The lowest BCUT2D eigenvalue weighted by molar-refractivity contribution is -0.00729. The van der Waals surface area contributed by atoms with Crippen molar-refractivity contribution in [1.82, 2.24) is 0 Å². The second kappa shape index (κ2) is 2.41. The third-order valence-corrected chi connectivity index (χ3v) is 6.67. The summed E-state index contributed by atoms with van der Waals surface area (Å²) in [6, 6.07) is 0. The molecule has 0 amide bonds. The molecular formula is C14H18O2. The maximum absolute atomic E-state index is 10.3. The quantitative estimate of drug-likeness (QED) is 0.596. The second-order valence-corrected chi connectivity index (χ2v) is 6.81. The molecule has 5 aliphatic carbocycles. The van der Waals surface area contributed by atoms with Crippen molar-refractivity contribution in [2.45, 2.75) is 25.0 Å². The van der Waals surface area contributed by atoms with Gasteiger partial charge in [-0.2, -0.15) is 0 Å². The number of aliphatic hydroxyl groups is 2. The highest BCUT2D eigenvalue weighted by Crippen LogP contribution is 2.72. The van der Waals surface area contributed by atoms with E-state index in [-0.39, 0.29) is 0 Å². The predicted octanol–water partition coefficient (Wildman–Crippen LogP) is 1.04. The number of allylic oxidation sites excluding steroid dienone is 2. The van der Waals surface area contributed by atoms with Gasteiger partial charge in [0.1, 0.15) is 0 Å². The van der Waals surface area contributed by atoms with Crippen molar-refractivity contribution in [1.29, 1.82) is 0 Å². The van der Waals surface area contributed by atoms with E-state index in [0.29, 0.717) is 23.7 Å². The molecule has 16 heavy (non-hydrogen) atoms. The molecule has 0 radical (unpaired) electrons. The largest absolute Gasteiger partial charge is 0.390 e. The first-order chi connectivity index (χ1) is 7.77. The lowest BCUT2D eigenvalue weighted by atomic mass is 9.86. The van der Waals surface area contributed by atoms with E-state index in [1.807, 2.05) is 0 Å². The summed E-state index contributed by atoms with van der Waals surface area (Å²) in [6.07, 6.45) is 6.48. The van der Waals surface area contributed by atoms with Gasteiger partial charge in [0.2, 0.25) is 0 Å². The van der Waals surface area contributed by atoms with Gasteiger partial charge in [-0.05, 0) is 60.2 Å². The molecule has 0 spiro atoms. The number of rotatable bonds is 0. The Labute approximate surface area is 95.4 Å². The van der Waals surface area contributed by atoms with Gasteiger partial charge in [0.25, 0.3) is 0 Å². The lowest BCUT2D eigenvalue weighted by Crippen LogP contribution is -2.31. The second-order valence-electron chi connectivity index (χ2n) is 6.81. The third kappa shape index (κ3) is 0.682. The summed E-state index contributed by atoms with van der Waals surface area (Å²) in [5, 5.41) is 20.4. The minimum atomic E-state index is -0.435. The van der Waals surface area contributed by atoms with Crippen LogP contribution in [-0.4, -0.2) is 22.4 Å². The molecule has 0 heterocycles. The molecule has 2 nitrogen and oxygen atoms in total. The van der Waals surface area contributed by atoms with Crippen LogP contribution in [0.3, 0.4) is 0 Å². The SMILES string of the molecule is OC1C(O)C2C3C=CC4CC5CC1C2C5C43. The molecule has 0 aromatic heterocycles. The minimum Gasteiger partial charge on any atom is -0.390 e. The maximum atomic E-state index is 10.3. The monoisotopic (exact) mass is 218 g/mol. The van der Waals surface area contributed by atoms with E-state index in [4.69, 9.17) is 0 Å². The molecule has 2 N–H and O–H groups in total. The van der Waals surface area contributed by atoms with Crippen LogP contribution in [0, 0.1) is 47.3 Å². The van der Waals surface area contributed by atoms with Crippen molar-refractivity contribution in [3.8, 4) is 0 Å². The molecule has 10 atom stereocenters. The number of hydrogen-bond acceptors (Lipinski definition) is 2. The molecule has 4 fully saturated rings. The average molecular weight is 218 g/mol. The Bertz CT molecular complexity index is 390. The van der Waals surface area contributed by atoms with E-state index in [1.165, 1.54) is 12.8 Å². The third-order valence-electron chi connectivity index (χ3n) is 6.67. The molecule has 5 rings (SSSR count). The van der Waals surface area contributed by atoms with E-state index in [2.05, 4.69) is 12.2 Å². The topological polar surface area (TPSA) is 40.5 Å². The van der Waals surface area contributed by atoms with Crippen molar-refractivity contribution in [3.05, 3.63) is 12.2 Å². The van der Waals surface area contributed by atoms with Gasteiger partial charge in [-0.3, -0.25) is 0 Å². The van der Waals surface area contributed by atoms with Gasteiger partial charge in [0.05, 0.1) is 12.2 Å². The highest BCUT2D eigenvalue weighted by molar-refractivity contribution is 5.26. The standard InChI is InChI=1S/C14H18O2/c15-13-8-4-6-3-5-1-2-7-9(5)10(6)11(8)12(7)14(13)16/h1-2,5-16H,3-4H2. The summed E-state index contributed by atoms with van der Waals surface area (Å²) < 4.78 is 0.